The summed E-state index contributed by atoms with van der Waals surface area (Å²) in [6.07, 6.45) is 0. The Bertz CT molecular complexity index is 1120. The molecule has 0 saturated carbocycles. The third-order valence-corrected chi connectivity index (χ3v) is 7.68. The van der Waals surface area contributed by atoms with E-state index >= 15 is 0 Å². The Morgan fingerprint density at radius 2 is 1.89 bits per heavy atom. The molecule has 0 aliphatic carbocycles. The molecule has 148 valence electrons. The van der Waals surface area contributed by atoms with Crippen LogP contribution in [0.5, 0.6) is 0 Å². The van der Waals surface area contributed by atoms with Gasteiger partial charge >= 0.3 is 0 Å². The zero-order chi connectivity index (χ0) is 20.6. The van der Waals surface area contributed by atoms with E-state index < -0.39 is 0 Å². The maximum Gasteiger partial charge on any atom is 0.263 e. The molecular formula is C19H19Br2N3O2S2. The fourth-order valence-corrected chi connectivity index (χ4v) is 6.37. The molecule has 1 N–H and O–H groups in total. The fraction of sp³-hybridized carbons (Fsp3) is 0.316. The molecule has 3 rings (SSSR count). The van der Waals surface area contributed by atoms with Crippen LogP contribution in [0, 0.1) is 20.8 Å². The molecule has 5 nitrogen and oxygen atoms in total. The zero-order valence-corrected chi connectivity index (χ0v) is 20.7. The van der Waals surface area contributed by atoms with Gasteiger partial charge in [-0.05, 0) is 82.8 Å². The van der Waals surface area contributed by atoms with Crippen LogP contribution in [0.1, 0.15) is 22.9 Å². The Hall–Kier alpha value is -1.16. The van der Waals surface area contributed by atoms with Crippen molar-refractivity contribution in [2.75, 3.05) is 11.1 Å². The van der Waals surface area contributed by atoms with Crippen molar-refractivity contribution in [3.63, 3.8) is 0 Å². The van der Waals surface area contributed by atoms with Gasteiger partial charge < -0.3 is 5.32 Å². The molecule has 0 spiro atoms. The summed E-state index contributed by atoms with van der Waals surface area (Å²) in [6, 6.07) is 3.89. The number of halogens is 2. The number of thiophene rings is 1. The average Bonchev–Trinajstić information content (AvgIpc) is 2.90. The van der Waals surface area contributed by atoms with Gasteiger partial charge in [0.05, 0.1) is 16.8 Å². The number of carbonyl (C=O) groups is 1. The van der Waals surface area contributed by atoms with Gasteiger partial charge in [0.1, 0.15) is 4.83 Å². The van der Waals surface area contributed by atoms with E-state index in [1.54, 1.807) is 4.57 Å². The van der Waals surface area contributed by atoms with Crippen molar-refractivity contribution in [2.24, 2.45) is 0 Å². The van der Waals surface area contributed by atoms with E-state index in [0.717, 1.165) is 29.8 Å². The lowest BCUT2D eigenvalue weighted by molar-refractivity contribution is -0.113. The van der Waals surface area contributed by atoms with Gasteiger partial charge in [-0.2, -0.15) is 0 Å². The summed E-state index contributed by atoms with van der Waals surface area (Å²) < 4.78 is 3.26. The van der Waals surface area contributed by atoms with Crippen LogP contribution in [0.15, 0.2) is 31.0 Å². The number of carbonyl (C=O) groups excluding carboxylic acids is 1. The summed E-state index contributed by atoms with van der Waals surface area (Å²) in [5.74, 6) is -0.000546. The molecule has 1 aromatic carbocycles. The molecule has 0 aliphatic rings. The maximum atomic E-state index is 12.9. The normalized spacial score (nSPS) is 11.2. The third kappa shape index (κ3) is 4.22. The molecule has 0 unspecified atom stereocenters. The molecule has 28 heavy (non-hydrogen) atoms. The van der Waals surface area contributed by atoms with Crippen molar-refractivity contribution >= 4 is 76.8 Å². The number of fused-ring (bicyclic) bond motifs is 1. The van der Waals surface area contributed by atoms with Crippen LogP contribution in [0.3, 0.4) is 0 Å². The van der Waals surface area contributed by atoms with Gasteiger partial charge in [-0.3, -0.25) is 14.2 Å². The van der Waals surface area contributed by atoms with E-state index in [1.165, 1.54) is 23.1 Å². The number of hydrogen-bond acceptors (Lipinski definition) is 5. The van der Waals surface area contributed by atoms with Crippen LogP contribution in [-0.4, -0.2) is 21.2 Å². The Morgan fingerprint density at radius 1 is 1.25 bits per heavy atom. The molecule has 9 heteroatoms. The van der Waals surface area contributed by atoms with Gasteiger partial charge in [0.25, 0.3) is 5.56 Å². The number of amides is 1. The van der Waals surface area contributed by atoms with Crippen molar-refractivity contribution in [1.29, 1.82) is 0 Å². The van der Waals surface area contributed by atoms with Crippen molar-refractivity contribution in [3.05, 3.63) is 47.4 Å². The first-order valence-corrected chi connectivity index (χ1v) is 12.0. The van der Waals surface area contributed by atoms with E-state index in [0.29, 0.717) is 22.8 Å². The van der Waals surface area contributed by atoms with Crippen molar-refractivity contribution in [1.82, 2.24) is 9.55 Å². The number of benzene rings is 1. The monoisotopic (exact) mass is 543 g/mol. The summed E-state index contributed by atoms with van der Waals surface area (Å²) >= 11 is 9.76. The third-order valence-electron chi connectivity index (χ3n) is 4.35. The molecule has 0 radical (unpaired) electrons. The average molecular weight is 545 g/mol. The van der Waals surface area contributed by atoms with E-state index in [-0.39, 0.29) is 17.2 Å². The highest BCUT2D eigenvalue weighted by molar-refractivity contribution is 9.11. The van der Waals surface area contributed by atoms with Crippen LogP contribution in [0.2, 0.25) is 0 Å². The van der Waals surface area contributed by atoms with Gasteiger partial charge in [0, 0.05) is 20.4 Å². The van der Waals surface area contributed by atoms with Gasteiger partial charge in [-0.25, -0.2) is 4.98 Å². The number of rotatable bonds is 5. The van der Waals surface area contributed by atoms with E-state index in [1.807, 2.05) is 39.8 Å². The van der Waals surface area contributed by atoms with Crippen LogP contribution < -0.4 is 10.9 Å². The lowest BCUT2D eigenvalue weighted by Crippen LogP contribution is -2.23. The summed E-state index contributed by atoms with van der Waals surface area (Å²) in [5, 5.41) is 4.17. The Kier molecular flexibility index (Phi) is 6.69. The first-order valence-electron chi connectivity index (χ1n) is 8.61. The largest absolute Gasteiger partial charge is 0.323 e. The summed E-state index contributed by atoms with van der Waals surface area (Å²) in [6.45, 7) is 8.35. The Labute approximate surface area is 188 Å². The second kappa shape index (κ2) is 8.69. The first kappa shape index (κ1) is 21.5. The number of hydrogen-bond donors (Lipinski definition) is 1. The lowest BCUT2D eigenvalue weighted by atomic mass is 10.2. The molecule has 0 fully saturated rings. The predicted octanol–water partition coefficient (Wildman–Crippen LogP) is 5.66. The molecule has 0 aliphatic heterocycles. The van der Waals surface area contributed by atoms with Crippen molar-refractivity contribution < 1.29 is 4.79 Å². The van der Waals surface area contributed by atoms with Gasteiger partial charge in [0.2, 0.25) is 5.91 Å². The topological polar surface area (TPSA) is 64.0 Å². The predicted molar refractivity (Wildman–Crippen MR) is 125 cm³/mol. The number of aromatic nitrogens is 2. The van der Waals surface area contributed by atoms with E-state index in [4.69, 9.17) is 0 Å². The number of thioether (sulfide) groups is 1. The van der Waals surface area contributed by atoms with Crippen LogP contribution >= 0.6 is 55.0 Å². The standard InChI is InChI=1S/C19H19Br2N3O2S2/c1-5-24-18(26)15-10(3)11(4)28-17(15)23-19(24)27-8-14(25)22-16-12(20)6-9(2)7-13(16)21/h6-7H,5,8H2,1-4H3,(H,22,25). The lowest BCUT2D eigenvalue weighted by Gasteiger charge is -2.12. The number of nitrogens with one attached hydrogen (secondary N) is 1. The minimum atomic E-state index is -0.161. The number of anilines is 1. The molecule has 2 aromatic heterocycles. The van der Waals surface area contributed by atoms with E-state index in [9.17, 15) is 9.59 Å². The number of aryl methyl sites for hydroxylation is 3. The first-order chi connectivity index (χ1) is 13.2. The quantitative estimate of drug-likeness (QED) is 0.332. The molecule has 2 heterocycles. The van der Waals surface area contributed by atoms with Gasteiger partial charge in [-0.15, -0.1) is 11.3 Å². The van der Waals surface area contributed by atoms with Crippen LogP contribution in [0.25, 0.3) is 10.2 Å². The second-order valence-corrected chi connectivity index (χ2v) is 10.2. The molecule has 1 amide bonds. The minimum absolute atomic E-state index is 0.0405. The summed E-state index contributed by atoms with van der Waals surface area (Å²) in [5.41, 5.74) is 2.72. The summed E-state index contributed by atoms with van der Waals surface area (Å²) in [7, 11) is 0. The molecular weight excluding hydrogens is 526 g/mol. The summed E-state index contributed by atoms with van der Waals surface area (Å²) in [4.78, 5) is 31.9. The smallest absolute Gasteiger partial charge is 0.263 e. The van der Waals surface area contributed by atoms with Gasteiger partial charge in [-0.1, -0.05) is 11.8 Å². The maximum absolute atomic E-state index is 12.9. The zero-order valence-electron chi connectivity index (χ0n) is 15.9. The highest BCUT2D eigenvalue weighted by Gasteiger charge is 2.17. The highest BCUT2D eigenvalue weighted by atomic mass is 79.9. The number of nitrogens with zero attached hydrogens (tertiary/aromatic N) is 2. The van der Waals surface area contributed by atoms with Crippen molar-refractivity contribution in [3.8, 4) is 0 Å². The minimum Gasteiger partial charge on any atom is -0.323 e. The second-order valence-electron chi connectivity index (χ2n) is 6.35. The molecule has 3 aromatic rings. The van der Waals surface area contributed by atoms with Crippen molar-refractivity contribution in [2.45, 2.75) is 39.4 Å². The SMILES string of the molecule is CCn1c(SCC(=O)Nc2c(Br)cc(C)cc2Br)nc2sc(C)c(C)c2c1=O. The Balaban J connectivity index is 1.84. The van der Waals surface area contributed by atoms with Gasteiger partial charge in [0.15, 0.2) is 5.16 Å². The molecule has 0 saturated heterocycles. The van der Waals surface area contributed by atoms with Crippen LogP contribution in [-0.2, 0) is 11.3 Å². The highest BCUT2D eigenvalue weighted by Crippen LogP contribution is 2.33. The fourth-order valence-electron chi connectivity index (χ4n) is 2.82. The van der Waals surface area contributed by atoms with E-state index in [2.05, 4.69) is 42.2 Å². The molecule has 0 atom stereocenters. The van der Waals surface area contributed by atoms with Crippen LogP contribution in [0.4, 0.5) is 5.69 Å². The molecule has 0 bridgehead atoms. The Morgan fingerprint density at radius 3 is 2.50 bits per heavy atom.